The van der Waals surface area contributed by atoms with Gasteiger partial charge >= 0.3 is 0 Å². The molecule has 0 aromatic rings. The Kier molecular flexibility index (Phi) is 24.2. The van der Waals surface area contributed by atoms with Crippen LogP contribution in [0, 0.1) is 0 Å². The summed E-state index contributed by atoms with van der Waals surface area (Å²) < 4.78 is 26.5. The van der Waals surface area contributed by atoms with Crippen LogP contribution in [0.15, 0.2) is 0 Å². The molecule has 0 aromatic heterocycles. The molecule has 8 nitrogen and oxygen atoms in total. The molecule has 0 unspecified atom stereocenters. The number of thioether (sulfide) groups is 1. The Bertz CT molecular complexity index is 327. The van der Waals surface area contributed by atoms with Gasteiger partial charge in [0, 0.05) is 13.1 Å². The number of nitrogens with one attached hydrogen (secondary N) is 1. The molecule has 28 heavy (non-hydrogen) atoms. The largest absolute Gasteiger partial charge is 0.378 e. The summed E-state index contributed by atoms with van der Waals surface area (Å²) in [6.45, 7) is 5.88. The summed E-state index contributed by atoms with van der Waals surface area (Å²) in [6.07, 6.45) is 6.79. The maximum Gasteiger partial charge on any atom is 0.245 e. The molecule has 0 aliphatic carbocycles. The molecule has 9 heteroatoms. The van der Waals surface area contributed by atoms with E-state index in [1.54, 1.807) is 0 Å². The Labute approximate surface area is 174 Å². The highest BCUT2D eigenvalue weighted by molar-refractivity contribution is 7.98. The zero-order chi connectivity index (χ0) is 20.5. The quantitative estimate of drug-likeness (QED) is 0.235. The second-order valence-corrected chi connectivity index (χ2v) is 7.03. The van der Waals surface area contributed by atoms with Crippen LogP contribution in [0.2, 0.25) is 0 Å². The van der Waals surface area contributed by atoms with Crippen LogP contribution in [0.4, 0.5) is 0 Å². The minimum absolute atomic E-state index is 0.0686. The van der Waals surface area contributed by atoms with Gasteiger partial charge in [0.1, 0.15) is 6.61 Å². The summed E-state index contributed by atoms with van der Waals surface area (Å²) in [5.41, 5.74) is 5.30. The lowest BCUT2D eigenvalue weighted by molar-refractivity contribution is -0.126. The molecule has 0 saturated carbocycles. The molecule has 0 radical (unpaired) electrons. The van der Waals surface area contributed by atoms with E-state index < -0.39 is 0 Å². The van der Waals surface area contributed by atoms with Crippen LogP contribution in [0.5, 0.6) is 0 Å². The maximum absolute atomic E-state index is 11.6. The van der Waals surface area contributed by atoms with Crippen molar-refractivity contribution in [1.82, 2.24) is 5.32 Å². The Balaban J connectivity index is 3.11. The zero-order valence-electron chi connectivity index (χ0n) is 17.5. The van der Waals surface area contributed by atoms with E-state index in [0.29, 0.717) is 66.0 Å². The number of rotatable bonds is 23. The lowest BCUT2D eigenvalue weighted by Gasteiger charge is -2.08. The molecule has 1 amide bonds. The molecule has 0 aliphatic heterocycles. The Morgan fingerprint density at radius 3 is 1.79 bits per heavy atom. The molecule has 0 rings (SSSR count). The Morgan fingerprint density at radius 2 is 1.25 bits per heavy atom. The monoisotopic (exact) mass is 424 g/mol. The van der Waals surface area contributed by atoms with Crippen molar-refractivity contribution in [3.8, 4) is 0 Å². The molecule has 0 fully saturated rings. The highest BCUT2D eigenvalue weighted by Gasteiger charge is 2.00. The molecule has 0 saturated heterocycles. The first-order valence-corrected chi connectivity index (χ1v) is 11.5. The van der Waals surface area contributed by atoms with Crippen LogP contribution < -0.4 is 11.1 Å². The van der Waals surface area contributed by atoms with Crippen LogP contribution in [-0.4, -0.2) is 97.1 Å². The number of hydrogen-bond donors (Lipinski definition) is 2. The van der Waals surface area contributed by atoms with E-state index >= 15 is 0 Å². The van der Waals surface area contributed by atoms with Gasteiger partial charge in [-0.3, -0.25) is 4.79 Å². The van der Waals surface area contributed by atoms with Gasteiger partial charge in [-0.25, -0.2) is 0 Å². The van der Waals surface area contributed by atoms with Crippen molar-refractivity contribution in [2.45, 2.75) is 25.7 Å². The fourth-order valence-electron chi connectivity index (χ4n) is 2.13. The normalized spacial score (nSPS) is 11.1. The molecule has 0 spiro atoms. The minimum atomic E-state index is -0.0686. The molecule has 168 valence electrons. The van der Waals surface area contributed by atoms with Gasteiger partial charge in [0.25, 0.3) is 0 Å². The van der Waals surface area contributed by atoms with Gasteiger partial charge in [-0.1, -0.05) is 12.8 Å². The van der Waals surface area contributed by atoms with E-state index in [1.807, 2.05) is 11.8 Å². The number of unbranched alkanes of at least 4 members (excludes halogenated alkanes) is 3. The van der Waals surface area contributed by atoms with E-state index in [1.165, 1.54) is 18.6 Å². The summed E-state index contributed by atoms with van der Waals surface area (Å²) in [6, 6.07) is 0. The second kappa shape index (κ2) is 24.6. The van der Waals surface area contributed by atoms with Crippen molar-refractivity contribution in [2.75, 3.05) is 91.2 Å². The molecular formula is C19H40N2O6S. The summed E-state index contributed by atoms with van der Waals surface area (Å²) in [7, 11) is 0. The SMILES string of the molecule is CSCCCCCCNC(=O)COCCOCCOCCOCCOCCN. The van der Waals surface area contributed by atoms with E-state index in [0.717, 1.165) is 19.4 Å². The predicted octanol–water partition coefficient (Wildman–Crippen LogP) is 1.07. The molecule has 3 N–H and O–H groups in total. The van der Waals surface area contributed by atoms with Crippen molar-refractivity contribution in [1.29, 1.82) is 0 Å². The van der Waals surface area contributed by atoms with Crippen molar-refractivity contribution in [2.24, 2.45) is 5.73 Å². The fraction of sp³-hybridized carbons (Fsp3) is 0.947. The third-order valence-electron chi connectivity index (χ3n) is 3.58. The fourth-order valence-corrected chi connectivity index (χ4v) is 2.62. The van der Waals surface area contributed by atoms with Gasteiger partial charge in [0.2, 0.25) is 5.91 Å². The Hall–Kier alpha value is -0.420. The number of carbonyl (C=O) groups is 1. The second-order valence-electron chi connectivity index (χ2n) is 6.05. The van der Waals surface area contributed by atoms with E-state index in [9.17, 15) is 4.79 Å². The van der Waals surface area contributed by atoms with Crippen LogP contribution in [0.1, 0.15) is 25.7 Å². The van der Waals surface area contributed by atoms with Gasteiger partial charge in [0.05, 0.1) is 59.5 Å². The average Bonchev–Trinajstić information content (AvgIpc) is 2.70. The summed E-state index contributed by atoms with van der Waals surface area (Å²) >= 11 is 1.88. The van der Waals surface area contributed by atoms with Crippen molar-refractivity contribution in [3.05, 3.63) is 0 Å². The van der Waals surface area contributed by atoms with E-state index in [2.05, 4.69) is 11.6 Å². The lowest BCUT2D eigenvalue weighted by Crippen LogP contribution is -2.29. The number of nitrogens with two attached hydrogens (primary N) is 1. The molecule has 0 aromatic carbocycles. The molecule has 0 aliphatic rings. The average molecular weight is 425 g/mol. The summed E-state index contributed by atoms with van der Waals surface area (Å²) in [4.78, 5) is 11.6. The summed E-state index contributed by atoms with van der Waals surface area (Å²) in [5, 5.41) is 2.87. The van der Waals surface area contributed by atoms with E-state index in [-0.39, 0.29) is 12.5 Å². The molecular weight excluding hydrogens is 384 g/mol. The highest BCUT2D eigenvalue weighted by Crippen LogP contribution is 2.03. The minimum Gasteiger partial charge on any atom is -0.378 e. The third-order valence-corrected chi connectivity index (χ3v) is 4.28. The summed E-state index contributed by atoms with van der Waals surface area (Å²) in [5.74, 6) is 1.15. The van der Waals surface area contributed by atoms with Gasteiger partial charge in [-0.15, -0.1) is 0 Å². The van der Waals surface area contributed by atoms with Gasteiger partial charge in [0.15, 0.2) is 0 Å². The van der Waals surface area contributed by atoms with Crippen molar-refractivity contribution >= 4 is 17.7 Å². The van der Waals surface area contributed by atoms with Gasteiger partial charge < -0.3 is 34.7 Å². The standard InChI is InChI=1S/C19H40N2O6S/c1-28-17-5-3-2-4-7-21-19(22)18-27-16-15-26-14-13-25-12-11-24-10-9-23-8-6-20/h2-18,20H2,1H3,(H,21,22). The number of amides is 1. The predicted molar refractivity (Wildman–Crippen MR) is 113 cm³/mol. The molecule has 0 bridgehead atoms. The number of ether oxygens (including phenoxy) is 5. The lowest BCUT2D eigenvalue weighted by atomic mass is 10.2. The van der Waals surface area contributed by atoms with Crippen molar-refractivity contribution < 1.29 is 28.5 Å². The highest BCUT2D eigenvalue weighted by atomic mass is 32.2. The molecule has 0 atom stereocenters. The zero-order valence-corrected chi connectivity index (χ0v) is 18.3. The number of carbonyl (C=O) groups excluding carboxylic acids is 1. The first-order chi connectivity index (χ1) is 13.8. The van der Waals surface area contributed by atoms with E-state index in [4.69, 9.17) is 29.4 Å². The first kappa shape index (κ1) is 27.6. The maximum atomic E-state index is 11.6. The van der Waals surface area contributed by atoms with Crippen LogP contribution >= 0.6 is 11.8 Å². The third kappa shape index (κ3) is 23.6. The van der Waals surface area contributed by atoms with Gasteiger partial charge in [-0.05, 0) is 24.9 Å². The topological polar surface area (TPSA) is 101 Å². The van der Waals surface area contributed by atoms with Crippen LogP contribution in [0.3, 0.4) is 0 Å². The Morgan fingerprint density at radius 1 is 0.750 bits per heavy atom. The first-order valence-electron chi connectivity index (χ1n) is 10.2. The molecule has 0 heterocycles. The van der Waals surface area contributed by atoms with Crippen LogP contribution in [-0.2, 0) is 28.5 Å². The smallest absolute Gasteiger partial charge is 0.245 e. The van der Waals surface area contributed by atoms with Crippen LogP contribution in [0.25, 0.3) is 0 Å². The van der Waals surface area contributed by atoms with Crippen molar-refractivity contribution in [3.63, 3.8) is 0 Å². The number of hydrogen-bond acceptors (Lipinski definition) is 8. The van der Waals surface area contributed by atoms with Gasteiger partial charge in [-0.2, -0.15) is 11.8 Å².